The summed E-state index contributed by atoms with van der Waals surface area (Å²) in [6.45, 7) is 1.93. The van der Waals surface area contributed by atoms with Gasteiger partial charge in [0.2, 0.25) is 5.95 Å². The Morgan fingerprint density at radius 2 is 1.90 bits per heavy atom. The molecule has 1 heterocycles. The molecule has 0 saturated carbocycles. The van der Waals surface area contributed by atoms with E-state index in [-0.39, 0.29) is 0 Å². The van der Waals surface area contributed by atoms with Crippen molar-refractivity contribution in [3.05, 3.63) is 18.0 Å². The fraction of sp³-hybridized carbons (Fsp3) is 0.333. The standard InChI is InChI=1S/C6H10N4/c1-5-3-8-6(9-4-5)10(2)7/h3-4H,7H2,1-2H3. The highest BCUT2D eigenvalue weighted by Gasteiger charge is 1.95. The van der Waals surface area contributed by atoms with E-state index in [0.29, 0.717) is 5.95 Å². The molecule has 0 atom stereocenters. The third kappa shape index (κ3) is 1.41. The first-order valence-electron chi connectivity index (χ1n) is 2.97. The lowest BCUT2D eigenvalue weighted by Gasteiger charge is -2.07. The van der Waals surface area contributed by atoms with Crippen molar-refractivity contribution in [1.29, 1.82) is 0 Å². The third-order valence-corrected chi connectivity index (χ3v) is 1.08. The van der Waals surface area contributed by atoms with Gasteiger partial charge in [0.15, 0.2) is 0 Å². The Hall–Kier alpha value is -1.16. The van der Waals surface area contributed by atoms with Crippen molar-refractivity contribution in [3.8, 4) is 0 Å². The molecule has 0 saturated heterocycles. The minimum absolute atomic E-state index is 0.533. The van der Waals surface area contributed by atoms with Crippen LogP contribution >= 0.6 is 0 Å². The normalized spacial score (nSPS) is 9.50. The van der Waals surface area contributed by atoms with Crippen LogP contribution in [0, 0.1) is 6.92 Å². The first kappa shape index (κ1) is 6.95. The number of hydrogen-bond acceptors (Lipinski definition) is 4. The van der Waals surface area contributed by atoms with Crippen LogP contribution in [0.2, 0.25) is 0 Å². The predicted molar refractivity (Wildman–Crippen MR) is 39.4 cm³/mol. The topological polar surface area (TPSA) is 55.0 Å². The highest BCUT2D eigenvalue weighted by molar-refractivity contribution is 5.24. The van der Waals surface area contributed by atoms with Gasteiger partial charge in [-0.2, -0.15) is 0 Å². The molecule has 0 unspecified atom stereocenters. The second kappa shape index (κ2) is 2.62. The molecule has 4 nitrogen and oxygen atoms in total. The predicted octanol–water partition coefficient (Wildman–Crippen LogP) is 0.0949. The van der Waals surface area contributed by atoms with Gasteiger partial charge < -0.3 is 0 Å². The molecule has 54 valence electrons. The molecule has 2 N–H and O–H groups in total. The summed E-state index contributed by atoms with van der Waals surface area (Å²) in [5.41, 5.74) is 1.03. The van der Waals surface area contributed by atoms with E-state index in [9.17, 15) is 0 Å². The van der Waals surface area contributed by atoms with Gasteiger partial charge in [-0.15, -0.1) is 0 Å². The van der Waals surface area contributed by atoms with Crippen molar-refractivity contribution < 1.29 is 0 Å². The molecular formula is C6H10N4. The van der Waals surface area contributed by atoms with E-state index < -0.39 is 0 Å². The van der Waals surface area contributed by atoms with E-state index in [1.54, 1.807) is 19.4 Å². The van der Waals surface area contributed by atoms with E-state index in [0.717, 1.165) is 5.56 Å². The maximum absolute atomic E-state index is 5.37. The van der Waals surface area contributed by atoms with Crippen molar-refractivity contribution in [2.45, 2.75) is 6.92 Å². The SMILES string of the molecule is Cc1cnc(N(C)N)nc1. The summed E-state index contributed by atoms with van der Waals surface area (Å²) >= 11 is 0. The molecule has 10 heavy (non-hydrogen) atoms. The van der Waals surface area contributed by atoms with Gasteiger partial charge in [0, 0.05) is 19.4 Å². The number of nitrogens with two attached hydrogens (primary N) is 1. The maximum atomic E-state index is 5.37. The lowest BCUT2D eigenvalue weighted by Crippen LogP contribution is -2.27. The zero-order valence-corrected chi connectivity index (χ0v) is 6.07. The van der Waals surface area contributed by atoms with Crippen molar-refractivity contribution >= 4 is 5.95 Å². The lowest BCUT2D eigenvalue weighted by molar-refractivity contribution is 0.924. The van der Waals surface area contributed by atoms with Crippen LogP contribution in [0.3, 0.4) is 0 Å². The second-order valence-corrected chi connectivity index (χ2v) is 2.17. The number of aromatic nitrogens is 2. The molecule has 0 spiro atoms. The zero-order valence-electron chi connectivity index (χ0n) is 6.07. The van der Waals surface area contributed by atoms with Crippen LogP contribution in [0.4, 0.5) is 5.95 Å². The van der Waals surface area contributed by atoms with E-state index in [1.807, 2.05) is 6.92 Å². The van der Waals surface area contributed by atoms with E-state index in [2.05, 4.69) is 9.97 Å². The number of hydrazine groups is 1. The summed E-state index contributed by atoms with van der Waals surface area (Å²) in [7, 11) is 1.70. The van der Waals surface area contributed by atoms with Crippen LogP contribution in [0.15, 0.2) is 12.4 Å². The fourth-order valence-corrected chi connectivity index (χ4v) is 0.568. The van der Waals surface area contributed by atoms with Crippen LogP contribution in [-0.2, 0) is 0 Å². The molecule has 1 aromatic rings. The van der Waals surface area contributed by atoms with Crippen molar-refractivity contribution in [3.63, 3.8) is 0 Å². The zero-order chi connectivity index (χ0) is 7.56. The summed E-state index contributed by atoms with van der Waals surface area (Å²) in [5.74, 6) is 5.91. The largest absolute Gasteiger partial charge is 0.282 e. The van der Waals surface area contributed by atoms with Crippen LogP contribution in [-0.4, -0.2) is 17.0 Å². The number of rotatable bonds is 1. The fourth-order valence-electron chi connectivity index (χ4n) is 0.568. The summed E-state index contributed by atoms with van der Waals surface area (Å²) < 4.78 is 0. The Balaban J connectivity index is 2.89. The summed E-state index contributed by atoms with van der Waals surface area (Å²) in [4.78, 5) is 7.94. The van der Waals surface area contributed by atoms with Gasteiger partial charge in [-0.3, -0.25) is 5.01 Å². The Morgan fingerprint density at radius 3 is 2.30 bits per heavy atom. The maximum Gasteiger partial charge on any atom is 0.239 e. The van der Waals surface area contributed by atoms with Gasteiger partial charge in [-0.1, -0.05) is 0 Å². The van der Waals surface area contributed by atoms with Gasteiger partial charge in [0.1, 0.15) is 0 Å². The number of anilines is 1. The molecule has 0 aliphatic heterocycles. The monoisotopic (exact) mass is 138 g/mol. The summed E-state index contributed by atoms with van der Waals surface area (Å²) in [5, 5.41) is 1.37. The first-order chi connectivity index (χ1) is 4.70. The molecule has 4 heteroatoms. The van der Waals surface area contributed by atoms with Crippen molar-refractivity contribution in [2.24, 2.45) is 5.84 Å². The molecule has 0 bridgehead atoms. The minimum Gasteiger partial charge on any atom is -0.282 e. The van der Waals surface area contributed by atoms with Crippen molar-refractivity contribution in [1.82, 2.24) is 9.97 Å². The van der Waals surface area contributed by atoms with E-state index in [1.165, 1.54) is 5.01 Å². The Labute approximate surface area is 59.7 Å². The molecule has 1 rings (SSSR count). The molecule has 0 amide bonds. The van der Waals surface area contributed by atoms with E-state index in [4.69, 9.17) is 5.84 Å². The lowest BCUT2D eigenvalue weighted by atomic mass is 10.4. The highest BCUT2D eigenvalue weighted by Crippen LogP contribution is 1.98. The third-order valence-electron chi connectivity index (χ3n) is 1.08. The van der Waals surface area contributed by atoms with Gasteiger partial charge >= 0.3 is 0 Å². The first-order valence-corrected chi connectivity index (χ1v) is 2.97. The van der Waals surface area contributed by atoms with Gasteiger partial charge in [0.25, 0.3) is 0 Å². The number of hydrogen-bond donors (Lipinski definition) is 1. The molecule has 0 aliphatic carbocycles. The van der Waals surface area contributed by atoms with Crippen LogP contribution < -0.4 is 10.9 Å². The summed E-state index contributed by atoms with van der Waals surface area (Å²) in [6, 6.07) is 0. The number of aryl methyl sites for hydroxylation is 1. The molecule has 0 aromatic carbocycles. The average molecular weight is 138 g/mol. The van der Waals surface area contributed by atoms with Crippen LogP contribution in [0.25, 0.3) is 0 Å². The number of nitrogens with zero attached hydrogens (tertiary/aromatic N) is 3. The van der Waals surface area contributed by atoms with Crippen LogP contribution in [0.1, 0.15) is 5.56 Å². The quantitative estimate of drug-likeness (QED) is 0.441. The van der Waals surface area contributed by atoms with Gasteiger partial charge in [0.05, 0.1) is 0 Å². The Morgan fingerprint density at radius 1 is 1.40 bits per heavy atom. The average Bonchev–Trinajstić information content (AvgIpc) is 1.88. The van der Waals surface area contributed by atoms with Crippen LogP contribution in [0.5, 0.6) is 0 Å². The summed E-state index contributed by atoms with van der Waals surface area (Å²) in [6.07, 6.45) is 3.46. The van der Waals surface area contributed by atoms with Crippen molar-refractivity contribution in [2.75, 3.05) is 12.1 Å². The molecule has 1 aromatic heterocycles. The molecular weight excluding hydrogens is 128 g/mol. The molecule has 0 aliphatic rings. The highest BCUT2D eigenvalue weighted by atomic mass is 15.4. The molecule has 0 fully saturated rings. The Bertz CT molecular complexity index is 203. The van der Waals surface area contributed by atoms with E-state index >= 15 is 0 Å². The molecule has 0 radical (unpaired) electrons. The van der Waals surface area contributed by atoms with Gasteiger partial charge in [-0.25, -0.2) is 15.8 Å². The smallest absolute Gasteiger partial charge is 0.239 e. The van der Waals surface area contributed by atoms with Gasteiger partial charge in [-0.05, 0) is 12.5 Å². The Kier molecular flexibility index (Phi) is 1.82. The second-order valence-electron chi connectivity index (χ2n) is 2.17. The minimum atomic E-state index is 0.533.